The van der Waals surface area contributed by atoms with Crippen LogP contribution in [0.2, 0.25) is 6.04 Å². The normalized spacial score (nSPS) is 10.8. The Labute approximate surface area is 175 Å². The van der Waals surface area contributed by atoms with Crippen LogP contribution in [-0.4, -0.2) is 33.3 Å². The summed E-state index contributed by atoms with van der Waals surface area (Å²) in [6, 6.07) is 13.8. The SMILES string of the molecule is CC(=O)O[Si](CCCOc1c(F)cccc1-c1ccccc1)(OC(C)=O)OC(C)=O. The van der Waals surface area contributed by atoms with Gasteiger partial charge in [-0.2, -0.15) is 0 Å². The van der Waals surface area contributed by atoms with E-state index in [0.29, 0.717) is 5.56 Å². The topological polar surface area (TPSA) is 88.1 Å². The van der Waals surface area contributed by atoms with E-state index in [-0.39, 0.29) is 24.8 Å². The van der Waals surface area contributed by atoms with Crippen molar-refractivity contribution in [1.29, 1.82) is 0 Å². The molecule has 0 aliphatic heterocycles. The van der Waals surface area contributed by atoms with Crippen LogP contribution in [0.1, 0.15) is 27.2 Å². The number of carbonyl (C=O) groups excluding carboxylic acids is 3. The summed E-state index contributed by atoms with van der Waals surface area (Å²) in [6.45, 7) is 3.38. The molecule has 30 heavy (non-hydrogen) atoms. The zero-order valence-electron chi connectivity index (χ0n) is 17.0. The lowest BCUT2D eigenvalue weighted by molar-refractivity contribution is -0.147. The van der Waals surface area contributed by atoms with E-state index in [4.69, 9.17) is 18.0 Å². The van der Waals surface area contributed by atoms with Gasteiger partial charge in [0.1, 0.15) is 0 Å². The first-order valence-corrected chi connectivity index (χ1v) is 11.2. The Bertz CT molecular complexity index is 861. The highest BCUT2D eigenvalue weighted by Gasteiger charge is 2.51. The Morgan fingerprint density at radius 1 is 0.833 bits per heavy atom. The number of hydrogen-bond donors (Lipinski definition) is 0. The maximum atomic E-state index is 14.4. The van der Waals surface area contributed by atoms with Crippen molar-refractivity contribution < 1.29 is 36.8 Å². The monoisotopic (exact) mass is 434 g/mol. The van der Waals surface area contributed by atoms with Gasteiger partial charge < -0.3 is 18.0 Å². The minimum atomic E-state index is -3.94. The lowest BCUT2D eigenvalue weighted by Crippen LogP contribution is -2.49. The van der Waals surface area contributed by atoms with Gasteiger partial charge in [-0.3, -0.25) is 14.4 Å². The van der Waals surface area contributed by atoms with E-state index in [9.17, 15) is 18.8 Å². The summed E-state index contributed by atoms with van der Waals surface area (Å²) in [5, 5.41) is 0. The molecule has 0 amide bonds. The molecular formula is C21H23FO7Si. The first-order valence-electron chi connectivity index (χ1n) is 9.28. The Morgan fingerprint density at radius 2 is 1.40 bits per heavy atom. The fourth-order valence-corrected chi connectivity index (χ4v) is 5.16. The van der Waals surface area contributed by atoms with Crippen molar-refractivity contribution in [2.45, 2.75) is 33.2 Å². The van der Waals surface area contributed by atoms with Crippen molar-refractivity contribution in [3.05, 3.63) is 54.3 Å². The Hall–Kier alpha value is -3.20. The summed E-state index contributed by atoms with van der Waals surface area (Å²) < 4.78 is 35.4. The molecule has 0 N–H and O–H groups in total. The second-order valence-corrected chi connectivity index (χ2v) is 8.88. The zero-order valence-corrected chi connectivity index (χ0v) is 18.0. The van der Waals surface area contributed by atoms with Crippen molar-refractivity contribution in [2.24, 2.45) is 0 Å². The maximum Gasteiger partial charge on any atom is 0.705 e. The highest BCUT2D eigenvalue weighted by molar-refractivity contribution is 6.65. The first kappa shape index (κ1) is 23.1. The average Bonchev–Trinajstić information content (AvgIpc) is 2.65. The number of ether oxygens (including phenoxy) is 1. The van der Waals surface area contributed by atoms with Crippen LogP contribution in [0.15, 0.2) is 48.5 Å². The molecular weight excluding hydrogens is 411 g/mol. The predicted molar refractivity (Wildman–Crippen MR) is 108 cm³/mol. The van der Waals surface area contributed by atoms with Gasteiger partial charge in [-0.1, -0.05) is 42.5 Å². The molecule has 2 rings (SSSR count). The molecule has 0 heterocycles. The fraction of sp³-hybridized carbons (Fsp3) is 0.286. The van der Waals surface area contributed by atoms with E-state index in [2.05, 4.69) is 0 Å². The van der Waals surface area contributed by atoms with E-state index in [1.165, 1.54) is 6.07 Å². The van der Waals surface area contributed by atoms with Gasteiger partial charge in [0.05, 0.1) is 12.7 Å². The third-order valence-electron chi connectivity index (χ3n) is 3.82. The second-order valence-electron chi connectivity index (χ2n) is 6.40. The molecule has 0 aromatic heterocycles. The molecule has 0 aliphatic carbocycles. The lowest BCUT2D eigenvalue weighted by Gasteiger charge is -2.26. The lowest BCUT2D eigenvalue weighted by atomic mass is 10.0. The van der Waals surface area contributed by atoms with Gasteiger partial charge in [-0.05, 0) is 18.1 Å². The number of hydrogen-bond acceptors (Lipinski definition) is 7. The Morgan fingerprint density at radius 3 is 1.93 bits per heavy atom. The summed E-state index contributed by atoms with van der Waals surface area (Å²) >= 11 is 0. The number of para-hydroxylation sites is 1. The van der Waals surface area contributed by atoms with Crippen molar-refractivity contribution in [2.75, 3.05) is 6.61 Å². The van der Waals surface area contributed by atoms with Crippen LogP contribution in [-0.2, 0) is 27.7 Å². The van der Waals surface area contributed by atoms with E-state index in [0.717, 1.165) is 26.3 Å². The smallest absolute Gasteiger partial charge is 0.490 e. The van der Waals surface area contributed by atoms with Gasteiger partial charge in [-0.25, -0.2) is 4.39 Å². The molecule has 0 bridgehead atoms. The Balaban J connectivity index is 2.14. The fourth-order valence-electron chi connectivity index (χ4n) is 2.84. The van der Waals surface area contributed by atoms with Gasteiger partial charge >= 0.3 is 8.80 Å². The summed E-state index contributed by atoms with van der Waals surface area (Å²) in [7, 11) is -3.94. The molecule has 2 aromatic carbocycles. The third-order valence-corrected chi connectivity index (χ3v) is 6.58. The van der Waals surface area contributed by atoms with Crippen molar-refractivity contribution >= 4 is 26.7 Å². The minimum absolute atomic E-state index is 0.0132. The number of rotatable bonds is 9. The minimum Gasteiger partial charge on any atom is -0.490 e. The molecule has 0 radical (unpaired) electrons. The van der Waals surface area contributed by atoms with Gasteiger partial charge in [-0.15, -0.1) is 0 Å². The largest absolute Gasteiger partial charge is 0.705 e. The van der Waals surface area contributed by atoms with Crippen LogP contribution in [0.25, 0.3) is 11.1 Å². The summed E-state index contributed by atoms with van der Waals surface area (Å²) in [5.74, 6) is -2.69. The molecule has 9 heteroatoms. The second kappa shape index (κ2) is 10.5. The van der Waals surface area contributed by atoms with Gasteiger partial charge in [0.2, 0.25) is 0 Å². The van der Waals surface area contributed by atoms with Crippen LogP contribution in [0, 0.1) is 5.82 Å². The molecule has 0 unspecified atom stereocenters. The molecule has 0 saturated heterocycles. The van der Waals surface area contributed by atoms with E-state index in [1.54, 1.807) is 12.1 Å². The molecule has 0 spiro atoms. The summed E-state index contributed by atoms with van der Waals surface area (Å²) in [4.78, 5) is 34.4. The van der Waals surface area contributed by atoms with Crippen LogP contribution in [0.3, 0.4) is 0 Å². The van der Waals surface area contributed by atoms with Gasteiger partial charge in [0.25, 0.3) is 17.9 Å². The predicted octanol–water partition coefficient (Wildman–Crippen LogP) is 3.89. The van der Waals surface area contributed by atoms with Crippen LogP contribution < -0.4 is 4.74 Å². The molecule has 0 fully saturated rings. The molecule has 7 nitrogen and oxygen atoms in total. The van der Waals surface area contributed by atoms with Crippen LogP contribution in [0.4, 0.5) is 4.39 Å². The van der Waals surface area contributed by atoms with Crippen molar-refractivity contribution in [3.8, 4) is 16.9 Å². The zero-order chi connectivity index (χ0) is 22.1. The van der Waals surface area contributed by atoms with Gasteiger partial charge in [0, 0.05) is 26.3 Å². The maximum absolute atomic E-state index is 14.4. The molecule has 0 atom stereocenters. The number of carbonyl (C=O) groups is 3. The average molecular weight is 434 g/mol. The van der Waals surface area contributed by atoms with E-state index in [1.807, 2.05) is 30.3 Å². The van der Waals surface area contributed by atoms with Crippen molar-refractivity contribution in [3.63, 3.8) is 0 Å². The molecule has 0 saturated carbocycles. The van der Waals surface area contributed by atoms with Crippen molar-refractivity contribution in [1.82, 2.24) is 0 Å². The van der Waals surface area contributed by atoms with Crippen LogP contribution >= 0.6 is 0 Å². The first-order chi connectivity index (χ1) is 14.2. The highest BCUT2D eigenvalue weighted by atomic mass is 28.4. The number of benzene rings is 2. The van der Waals surface area contributed by atoms with Gasteiger partial charge in [0.15, 0.2) is 11.6 Å². The Kier molecular flexibility index (Phi) is 8.11. The highest BCUT2D eigenvalue weighted by Crippen LogP contribution is 2.32. The third kappa shape index (κ3) is 6.70. The van der Waals surface area contributed by atoms with Crippen LogP contribution in [0.5, 0.6) is 5.75 Å². The molecule has 160 valence electrons. The quantitative estimate of drug-likeness (QED) is 0.437. The standard InChI is InChI=1S/C21H23FO7Si/c1-15(23)27-30(28-16(2)24,29-17(3)25)14-8-13-26-21-19(11-7-12-20(21)22)18-9-5-4-6-10-18/h4-7,9-12H,8,13-14H2,1-3H3. The summed E-state index contributed by atoms with van der Waals surface area (Å²) in [6.07, 6.45) is 0.183. The summed E-state index contributed by atoms with van der Waals surface area (Å²) in [5.41, 5.74) is 1.37. The van der Waals surface area contributed by atoms with E-state index >= 15 is 0 Å². The molecule has 0 aliphatic rings. The van der Waals surface area contributed by atoms with E-state index < -0.39 is 32.5 Å². The number of halogens is 1. The molecule has 2 aromatic rings.